The molecule has 0 saturated carbocycles. The minimum atomic E-state index is -0.661. The van der Waals surface area contributed by atoms with Gasteiger partial charge in [-0.3, -0.25) is 9.59 Å². The number of aryl methyl sites for hydroxylation is 1. The zero-order chi connectivity index (χ0) is 14.0. The Balaban J connectivity index is 2.28. The second kappa shape index (κ2) is 5.36. The summed E-state index contributed by atoms with van der Waals surface area (Å²) in [4.78, 5) is 25.2. The first-order valence-corrected chi connectivity index (χ1v) is 6.08. The number of nitrogens with zero attached hydrogens (tertiary/aromatic N) is 1. The highest BCUT2D eigenvalue weighted by Crippen LogP contribution is 2.15. The lowest BCUT2D eigenvalue weighted by atomic mass is 10.1. The molecule has 1 aliphatic rings. The highest BCUT2D eigenvalue weighted by Gasteiger charge is 2.31. The van der Waals surface area contributed by atoms with Crippen LogP contribution in [0.25, 0.3) is 0 Å². The maximum Gasteiger partial charge on any atom is 0.254 e. The van der Waals surface area contributed by atoms with Crippen LogP contribution in [0, 0.1) is 12.7 Å². The third-order valence-corrected chi connectivity index (χ3v) is 3.25. The fourth-order valence-corrected chi connectivity index (χ4v) is 2.22. The Bertz CT molecular complexity index is 519. The fraction of sp³-hybridized carbons (Fsp3) is 0.385. The predicted octanol–water partition coefficient (Wildman–Crippen LogP) is 0.0334. The molecule has 1 unspecified atom stereocenters. The van der Waals surface area contributed by atoms with E-state index in [4.69, 9.17) is 5.73 Å². The summed E-state index contributed by atoms with van der Waals surface area (Å²) in [6, 6.07) is 3.31. The van der Waals surface area contributed by atoms with Gasteiger partial charge in [-0.25, -0.2) is 4.39 Å². The van der Waals surface area contributed by atoms with Gasteiger partial charge in [0.2, 0.25) is 5.91 Å². The van der Waals surface area contributed by atoms with Crippen molar-refractivity contribution < 1.29 is 14.0 Å². The van der Waals surface area contributed by atoms with Crippen molar-refractivity contribution in [2.75, 3.05) is 19.6 Å². The standard InChI is InChI=1S/C13H16FN3O2/c1-8-6-9(14)2-3-10(8)13(19)17-5-4-16-7-11(17)12(15)18/h2-3,6,11,16H,4-5,7H2,1H3,(H2,15,18). The number of carbonyl (C=O) groups is 2. The van der Waals surface area contributed by atoms with Crippen LogP contribution in [0.2, 0.25) is 0 Å². The van der Waals surface area contributed by atoms with Crippen LogP contribution in [0.1, 0.15) is 15.9 Å². The van der Waals surface area contributed by atoms with Crippen molar-refractivity contribution in [3.05, 3.63) is 35.1 Å². The van der Waals surface area contributed by atoms with Crippen LogP contribution < -0.4 is 11.1 Å². The normalized spacial score (nSPS) is 19.3. The van der Waals surface area contributed by atoms with Crippen molar-refractivity contribution in [3.8, 4) is 0 Å². The fourth-order valence-electron chi connectivity index (χ4n) is 2.22. The van der Waals surface area contributed by atoms with E-state index < -0.39 is 11.9 Å². The molecule has 3 N–H and O–H groups in total. The molecule has 0 aromatic heterocycles. The molecule has 1 fully saturated rings. The van der Waals surface area contributed by atoms with E-state index in [0.29, 0.717) is 30.8 Å². The zero-order valence-electron chi connectivity index (χ0n) is 10.6. The predicted molar refractivity (Wildman–Crippen MR) is 68.0 cm³/mol. The van der Waals surface area contributed by atoms with E-state index >= 15 is 0 Å². The first-order chi connectivity index (χ1) is 9.00. The molecule has 2 amide bonds. The summed E-state index contributed by atoms with van der Waals surface area (Å²) >= 11 is 0. The topological polar surface area (TPSA) is 75.4 Å². The molecule has 1 saturated heterocycles. The van der Waals surface area contributed by atoms with Gasteiger partial charge in [-0.15, -0.1) is 0 Å². The van der Waals surface area contributed by atoms with Crippen LogP contribution in [0.3, 0.4) is 0 Å². The quantitative estimate of drug-likeness (QED) is 0.792. The lowest BCUT2D eigenvalue weighted by molar-refractivity contribution is -0.122. The Morgan fingerprint density at radius 2 is 2.21 bits per heavy atom. The van der Waals surface area contributed by atoms with E-state index in [1.54, 1.807) is 6.92 Å². The number of hydrogen-bond donors (Lipinski definition) is 2. The van der Waals surface area contributed by atoms with Crippen molar-refractivity contribution in [1.29, 1.82) is 0 Å². The first kappa shape index (κ1) is 13.5. The SMILES string of the molecule is Cc1cc(F)ccc1C(=O)N1CCNCC1C(N)=O. The molecule has 1 atom stereocenters. The number of nitrogens with two attached hydrogens (primary N) is 1. The summed E-state index contributed by atoms with van der Waals surface area (Å²) in [5.74, 6) is -1.22. The van der Waals surface area contributed by atoms with E-state index in [-0.39, 0.29) is 11.7 Å². The molecule has 0 bridgehead atoms. The van der Waals surface area contributed by atoms with Gasteiger partial charge in [0.05, 0.1) is 0 Å². The van der Waals surface area contributed by atoms with Crippen molar-refractivity contribution in [3.63, 3.8) is 0 Å². The van der Waals surface area contributed by atoms with Crippen LogP contribution in [0.5, 0.6) is 0 Å². The molecule has 2 rings (SSSR count). The average Bonchev–Trinajstić information content (AvgIpc) is 2.38. The minimum absolute atomic E-state index is 0.289. The maximum absolute atomic E-state index is 13.0. The van der Waals surface area contributed by atoms with E-state index in [9.17, 15) is 14.0 Å². The summed E-state index contributed by atoms with van der Waals surface area (Å²) in [7, 11) is 0. The van der Waals surface area contributed by atoms with E-state index in [1.807, 2.05) is 0 Å². The smallest absolute Gasteiger partial charge is 0.254 e. The van der Waals surface area contributed by atoms with E-state index in [0.717, 1.165) is 0 Å². The third kappa shape index (κ3) is 2.73. The Hall–Kier alpha value is -1.95. The van der Waals surface area contributed by atoms with Gasteiger partial charge in [0.1, 0.15) is 11.9 Å². The van der Waals surface area contributed by atoms with Crippen LogP contribution >= 0.6 is 0 Å². The highest BCUT2D eigenvalue weighted by molar-refractivity contribution is 5.98. The molecule has 1 aliphatic heterocycles. The van der Waals surface area contributed by atoms with Crippen LogP contribution in [-0.2, 0) is 4.79 Å². The van der Waals surface area contributed by atoms with Crippen LogP contribution in [0.4, 0.5) is 4.39 Å². The number of piperazine rings is 1. The number of halogens is 1. The average molecular weight is 265 g/mol. The van der Waals surface area contributed by atoms with Crippen molar-refractivity contribution in [1.82, 2.24) is 10.2 Å². The lowest BCUT2D eigenvalue weighted by Crippen LogP contribution is -2.58. The van der Waals surface area contributed by atoms with Crippen LogP contribution in [0.15, 0.2) is 18.2 Å². The molecule has 0 aliphatic carbocycles. The molecular formula is C13H16FN3O2. The van der Waals surface area contributed by atoms with Gasteiger partial charge in [0.25, 0.3) is 5.91 Å². The first-order valence-electron chi connectivity index (χ1n) is 6.08. The van der Waals surface area contributed by atoms with E-state index in [2.05, 4.69) is 5.32 Å². The second-order valence-electron chi connectivity index (χ2n) is 4.58. The summed E-state index contributed by atoms with van der Waals surface area (Å²) < 4.78 is 13.0. The summed E-state index contributed by atoms with van der Waals surface area (Å²) in [5.41, 5.74) is 6.25. The second-order valence-corrected chi connectivity index (χ2v) is 4.58. The van der Waals surface area contributed by atoms with E-state index in [1.165, 1.54) is 23.1 Å². The Morgan fingerprint density at radius 3 is 2.84 bits per heavy atom. The van der Waals surface area contributed by atoms with Crippen molar-refractivity contribution >= 4 is 11.8 Å². The third-order valence-electron chi connectivity index (χ3n) is 3.25. The Labute approximate surface area is 110 Å². The number of carbonyl (C=O) groups excluding carboxylic acids is 2. The van der Waals surface area contributed by atoms with Gasteiger partial charge in [0.15, 0.2) is 0 Å². The van der Waals surface area contributed by atoms with Gasteiger partial charge in [0, 0.05) is 25.2 Å². The maximum atomic E-state index is 13.0. The molecule has 102 valence electrons. The molecule has 1 heterocycles. The number of amides is 2. The molecule has 19 heavy (non-hydrogen) atoms. The molecule has 1 aromatic rings. The van der Waals surface area contributed by atoms with Gasteiger partial charge in [-0.1, -0.05) is 0 Å². The summed E-state index contributed by atoms with van der Waals surface area (Å²) in [6.07, 6.45) is 0. The number of rotatable bonds is 2. The Morgan fingerprint density at radius 1 is 1.47 bits per heavy atom. The summed E-state index contributed by atoms with van der Waals surface area (Å²) in [5, 5.41) is 3.02. The van der Waals surface area contributed by atoms with Crippen molar-refractivity contribution in [2.45, 2.75) is 13.0 Å². The summed E-state index contributed by atoms with van der Waals surface area (Å²) in [6.45, 7) is 3.03. The molecule has 1 aromatic carbocycles. The monoisotopic (exact) mass is 265 g/mol. The molecule has 0 radical (unpaired) electrons. The van der Waals surface area contributed by atoms with Gasteiger partial charge in [-0.2, -0.15) is 0 Å². The van der Waals surface area contributed by atoms with Gasteiger partial charge < -0.3 is 16.0 Å². The highest BCUT2D eigenvalue weighted by atomic mass is 19.1. The number of benzene rings is 1. The largest absolute Gasteiger partial charge is 0.368 e. The molecule has 0 spiro atoms. The molecule has 6 heteroatoms. The number of primary amides is 1. The van der Waals surface area contributed by atoms with Gasteiger partial charge in [-0.05, 0) is 30.7 Å². The zero-order valence-corrected chi connectivity index (χ0v) is 10.6. The number of hydrogen-bond acceptors (Lipinski definition) is 3. The Kier molecular flexibility index (Phi) is 3.80. The lowest BCUT2D eigenvalue weighted by Gasteiger charge is -2.34. The van der Waals surface area contributed by atoms with Crippen LogP contribution in [-0.4, -0.2) is 42.4 Å². The minimum Gasteiger partial charge on any atom is -0.368 e. The van der Waals surface area contributed by atoms with Crippen molar-refractivity contribution in [2.24, 2.45) is 5.73 Å². The number of nitrogens with one attached hydrogen (secondary N) is 1. The van der Waals surface area contributed by atoms with Gasteiger partial charge >= 0.3 is 0 Å². The molecular weight excluding hydrogens is 249 g/mol. The molecule has 5 nitrogen and oxygen atoms in total.